The number of nitrogens with one attached hydrogen (secondary N) is 3. The Labute approximate surface area is 262 Å². The third-order valence-corrected chi connectivity index (χ3v) is 10.6. The number of aromatic nitrogens is 2. The third-order valence-electron chi connectivity index (χ3n) is 7.84. The molecule has 3 aromatic carbocycles. The van der Waals surface area contributed by atoms with E-state index >= 15 is 0 Å². The van der Waals surface area contributed by atoms with E-state index in [2.05, 4.69) is 36.7 Å². The average molecular weight is 638 g/mol. The zero-order chi connectivity index (χ0) is 31.6. The monoisotopic (exact) mass is 637 g/mol. The largest absolute Gasteiger partial charge is 0.324 e. The maximum atomic E-state index is 14.0. The topological polar surface area (TPSA) is 105 Å². The standard InChI is InChI=1S/C33H37ClFN5O3S/c1-21-5-12-26(13-6-21)40-30(20-29(39-40)33(2,3)4)38-32(41)37-25-10-7-22(8-11-25)31(23-15-17-36-18-16-23)44(42,43)28-14-9-24(35)19-27(28)34/h5-14,19-20,23,31,36H,15-18H2,1-4H3,(H2,37,38,41). The highest BCUT2D eigenvalue weighted by molar-refractivity contribution is 7.91. The molecule has 1 aromatic heterocycles. The number of aryl methyl sites for hydroxylation is 1. The fourth-order valence-electron chi connectivity index (χ4n) is 5.45. The van der Waals surface area contributed by atoms with Gasteiger partial charge < -0.3 is 10.6 Å². The van der Waals surface area contributed by atoms with Crippen LogP contribution < -0.4 is 16.0 Å². The van der Waals surface area contributed by atoms with Gasteiger partial charge in [0.05, 0.1) is 26.5 Å². The number of carbonyl (C=O) groups is 1. The lowest BCUT2D eigenvalue weighted by Crippen LogP contribution is -2.33. The number of nitrogens with zero attached hydrogens (tertiary/aromatic N) is 2. The van der Waals surface area contributed by atoms with Gasteiger partial charge >= 0.3 is 6.03 Å². The Morgan fingerprint density at radius 3 is 2.27 bits per heavy atom. The van der Waals surface area contributed by atoms with Crippen molar-refractivity contribution in [3.05, 3.63) is 100 Å². The second-order valence-electron chi connectivity index (χ2n) is 12.2. The normalized spacial score (nSPS) is 15.1. The summed E-state index contributed by atoms with van der Waals surface area (Å²) in [5.41, 5.74) is 3.59. The number of amides is 2. The molecule has 0 aliphatic carbocycles. The van der Waals surface area contributed by atoms with E-state index < -0.39 is 26.9 Å². The maximum Gasteiger partial charge on any atom is 0.324 e. The Balaban J connectivity index is 1.39. The Morgan fingerprint density at radius 1 is 1.00 bits per heavy atom. The molecule has 8 nitrogen and oxygen atoms in total. The van der Waals surface area contributed by atoms with Gasteiger partial charge in [-0.2, -0.15) is 5.10 Å². The van der Waals surface area contributed by atoms with Crippen molar-refractivity contribution in [2.24, 2.45) is 5.92 Å². The minimum atomic E-state index is -3.96. The van der Waals surface area contributed by atoms with E-state index in [9.17, 15) is 17.6 Å². The molecule has 4 aromatic rings. The van der Waals surface area contributed by atoms with Crippen molar-refractivity contribution in [3.63, 3.8) is 0 Å². The van der Waals surface area contributed by atoms with Crippen LogP contribution in [0.25, 0.3) is 5.69 Å². The molecule has 1 unspecified atom stereocenters. The van der Waals surface area contributed by atoms with Gasteiger partial charge in [0.2, 0.25) is 0 Å². The lowest BCUT2D eigenvalue weighted by atomic mass is 9.90. The summed E-state index contributed by atoms with van der Waals surface area (Å²) in [5.74, 6) is -0.248. The van der Waals surface area contributed by atoms with Crippen molar-refractivity contribution in [3.8, 4) is 5.69 Å². The molecule has 5 rings (SSSR count). The number of benzene rings is 3. The Hall–Kier alpha value is -3.73. The van der Waals surface area contributed by atoms with Crippen molar-refractivity contribution >= 4 is 39.0 Å². The van der Waals surface area contributed by atoms with Gasteiger partial charge in [-0.1, -0.05) is 62.2 Å². The van der Waals surface area contributed by atoms with Crippen LogP contribution in [-0.4, -0.2) is 37.3 Å². The zero-order valence-corrected chi connectivity index (χ0v) is 26.8. The zero-order valence-electron chi connectivity index (χ0n) is 25.2. The van der Waals surface area contributed by atoms with Crippen LogP contribution in [0.15, 0.2) is 77.7 Å². The van der Waals surface area contributed by atoms with E-state index in [4.69, 9.17) is 16.7 Å². The molecule has 2 heterocycles. The first kappa shape index (κ1) is 31.7. The minimum absolute atomic E-state index is 0.0921. The molecule has 44 heavy (non-hydrogen) atoms. The lowest BCUT2D eigenvalue weighted by molar-refractivity contribution is 0.262. The second-order valence-corrected chi connectivity index (χ2v) is 14.7. The van der Waals surface area contributed by atoms with Gasteiger partial charge in [0.15, 0.2) is 9.84 Å². The first-order chi connectivity index (χ1) is 20.8. The summed E-state index contributed by atoms with van der Waals surface area (Å²) in [4.78, 5) is 13.1. The van der Waals surface area contributed by atoms with Crippen LogP contribution in [0.4, 0.5) is 20.7 Å². The molecule has 1 fully saturated rings. The molecule has 232 valence electrons. The first-order valence-electron chi connectivity index (χ1n) is 14.6. The summed E-state index contributed by atoms with van der Waals surface area (Å²) in [6, 6.07) is 19.4. The van der Waals surface area contributed by atoms with E-state index in [-0.39, 0.29) is 21.3 Å². The van der Waals surface area contributed by atoms with Crippen LogP contribution in [-0.2, 0) is 15.3 Å². The molecule has 2 amide bonds. The molecular weight excluding hydrogens is 601 g/mol. The molecule has 1 aliphatic rings. The van der Waals surface area contributed by atoms with E-state index in [0.29, 0.717) is 43.0 Å². The van der Waals surface area contributed by atoms with Gasteiger partial charge in [0.25, 0.3) is 0 Å². The summed E-state index contributed by atoms with van der Waals surface area (Å²) < 4.78 is 43.4. The molecule has 0 spiro atoms. The minimum Gasteiger partial charge on any atom is -0.317 e. The second kappa shape index (κ2) is 12.7. The molecule has 0 bridgehead atoms. The van der Waals surface area contributed by atoms with Crippen LogP contribution in [0.1, 0.15) is 55.7 Å². The highest BCUT2D eigenvalue weighted by atomic mass is 35.5. The van der Waals surface area contributed by atoms with Crippen molar-refractivity contribution < 1.29 is 17.6 Å². The van der Waals surface area contributed by atoms with Crippen LogP contribution >= 0.6 is 11.6 Å². The van der Waals surface area contributed by atoms with Crippen molar-refractivity contribution in [2.45, 2.75) is 56.1 Å². The SMILES string of the molecule is Cc1ccc(-n2nc(C(C)(C)C)cc2NC(=O)Nc2ccc(C(C3CCNCC3)S(=O)(=O)c3ccc(F)cc3Cl)cc2)cc1. The van der Waals surface area contributed by atoms with E-state index in [1.54, 1.807) is 28.9 Å². The van der Waals surface area contributed by atoms with Crippen molar-refractivity contribution in [1.29, 1.82) is 0 Å². The van der Waals surface area contributed by atoms with Gasteiger partial charge in [-0.15, -0.1) is 0 Å². The third kappa shape index (κ3) is 6.98. The highest BCUT2D eigenvalue weighted by Gasteiger charge is 2.38. The van der Waals surface area contributed by atoms with E-state index in [0.717, 1.165) is 29.1 Å². The molecule has 0 saturated carbocycles. The molecule has 1 aliphatic heterocycles. The quantitative estimate of drug-likeness (QED) is 0.183. The number of hydrogen-bond donors (Lipinski definition) is 3. The smallest absolute Gasteiger partial charge is 0.317 e. The number of halogens is 2. The fourth-order valence-corrected chi connectivity index (χ4v) is 8.09. The van der Waals surface area contributed by atoms with Crippen molar-refractivity contribution in [1.82, 2.24) is 15.1 Å². The maximum absolute atomic E-state index is 14.0. The molecule has 1 saturated heterocycles. The van der Waals surface area contributed by atoms with Gasteiger partial charge in [-0.3, -0.25) is 5.32 Å². The van der Waals surface area contributed by atoms with Gasteiger partial charge in [-0.25, -0.2) is 22.3 Å². The number of sulfone groups is 1. The molecule has 0 radical (unpaired) electrons. The Morgan fingerprint density at radius 2 is 1.66 bits per heavy atom. The lowest BCUT2D eigenvalue weighted by Gasteiger charge is -2.31. The van der Waals surface area contributed by atoms with Crippen LogP contribution in [0.3, 0.4) is 0 Å². The predicted molar refractivity (Wildman–Crippen MR) is 173 cm³/mol. The Kier molecular flexibility index (Phi) is 9.15. The first-order valence-corrected chi connectivity index (χ1v) is 16.5. The van der Waals surface area contributed by atoms with Gasteiger partial charge in [0.1, 0.15) is 11.6 Å². The summed E-state index contributed by atoms with van der Waals surface area (Å²) in [6.45, 7) is 9.57. The summed E-state index contributed by atoms with van der Waals surface area (Å²) >= 11 is 6.22. The molecular formula is C33H37ClFN5O3S. The summed E-state index contributed by atoms with van der Waals surface area (Å²) in [7, 11) is -3.96. The Bertz CT molecular complexity index is 1740. The molecule has 1 atom stereocenters. The molecule has 3 N–H and O–H groups in total. The van der Waals surface area contributed by atoms with E-state index in [1.807, 2.05) is 37.3 Å². The molecule has 11 heteroatoms. The number of anilines is 2. The van der Waals surface area contributed by atoms with E-state index in [1.165, 1.54) is 6.07 Å². The fraction of sp³-hybridized carbons (Fsp3) is 0.333. The summed E-state index contributed by atoms with van der Waals surface area (Å²) in [6.07, 6.45) is 1.33. The van der Waals surface area contributed by atoms with Crippen LogP contribution in [0.2, 0.25) is 5.02 Å². The van der Waals surface area contributed by atoms with Crippen LogP contribution in [0.5, 0.6) is 0 Å². The number of rotatable bonds is 7. The summed E-state index contributed by atoms with van der Waals surface area (Å²) in [5, 5.41) is 12.8. The van der Waals surface area contributed by atoms with Crippen LogP contribution in [0, 0.1) is 18.7 Å². The number of urea groups is 1. The van der Waals surface area contributed by atoms with Gasteiger partial charge in [-0.05, 0) is 86.8 Å². The van der Waals surface area contributed by atoms with Gasteiger partial charge in [0, 0.05) is 17.2 Å². The highest BCUT2D eigenvalue weighted by Crippen LogP contribution is 2.41. The van der Waals surface area contributed by atoms with Crippen molar-refractivity contribution in [2.75, 3.05) is 23.7 Å². The average Bonchev–Trinajstić information content (AvgIpc) is 3.39. The number of hydrogen-bond acceptors (Lipinski definition) is 5. The number of piperidine rings is 1. The number of carbonyl (C=O) groups excluding carboxylic acids is 1. The predicted octanol–water partition coefficient (Wildman–Crippen LogP) is 7.43.